The zero-order chi connectivity index (χ0) is 18.3. The lowest BCUT2D eigenvalue weighted by Crippen LogP contribution is -2.37. The summed E-state index contributed by atoms with van der Waals surface area (Å²) in [6.07, 6.45) is 2.76. The Kier molecular flexibility index (Phi) is 5.18. The second-order valence-corrected chi connectivity index (χ2v) is 9.11. The third kappa shape index (κ3) is 4.17. The van der Waals surface area contributed by atoms with Gasteiger partial charge in [0.1, 0.15) is 0 Å². The highest BCUT2D eigenvalue weighted by Gasteiger charge is 2.41. The summed E-state index contributed by atoms with van der Waals surface area (Å²) in [4.78, 5) is 7.75. The minimum atomic E-state index is -4.32. The van der Waals surface area contributed by atoms with Crippen LogP contribution in [0.15, 0.2) is 0 Å². The Morgan fingerprint density at radius 3 is 2.65 bits per heavy atom. The van der Waals surface area contributed by atoms with Gasteiger partial charge >= 0.3 is 6.18 Å². The Hall–Kier alpha value is -0.860. The van der Waals surface area contributed by atoms with Gasteiger partial charge < -0.3 is 10.5 Å². The zero-order valence-corrected chi connectivity index (χ0v) is 15.6. The van der Waals surface area contributed by atoms with Gasteiger partial charge in [-0.3, -0.25) is 4.90 Å². The van der Waals surface area contributed by atoms with Crippen LogP contribution in [0.4, 0.5) is 13.2 Å². The van der Waals surface area contributed by atoms with Crippen LogP contribution in [-0.2, 0) is 13.0 Å². The highest BCUT2D eigenvalue weighted by molar-refractivity contribution is 7.13. The van der Waals surface area contributed by atoms with Crippen molar-refractivity contribution < 1.29 is 17.9 Å². The number of nitrogens with two attached hydrogens (primary N) is 1. The van der Waals surface area contributed by atoms with Gasteiger partial charge in [0, 0.05) is 24.0 Å². The van der Waals surface area contributed by atoms with E-state index < -0.39 is 12.8 Å². The van der Waals surface area contributed by atoms with Crippen molar-refractivity contribution in [3.63, 3.8) is 0 Å². The van der Waals surface area contributed by atoms with Crippen molar-refractivity contribution >= 4 is 11.3 Å². The molecule has 2 aliphatic carbocycles. The molecule has 146 valence electrons. The van der Waals surface area contributed by atoms with Gasteiger partial charge in [0.05, 0.1) is 5.69 Å². The van der Waals surface area contributed by atoms with Crippen molar-refractivity contribution in [1.29, 1.82) is 0 Å². The molecule has 0 radical (unpaired) electrons. The summed E-state index contributed by atoms with van der Waals surface area (Å²) in [5, 5.41) is 0.147. The van der Waals surface area contributed by atoms with Crippen molar-refractivity contribution in [2.24, 2.45) is 23.5 Å². The van der Waals surface area contributed by atoms with Crippen molar-refractivity contribution in [2.45, 2.75) is 57.3 Å². The maximum atomic E-state index is 12.3. The first kappa shape index (κ1) is 18.5. The number of halogens is 3. The summed E-state index contributed by atoms with van der Waals surface area (Å²) in [5.41, 5.74) is 7.06. The lowest BCUT2D eigenvalue weighted by molar-refractivity contribution is -0.153. The molecule has 0 saturated heterocycles. The molecule has 1 aromatic rings. The van der Waals surface area contributed by atoms with Crippen LogP contribution in [0.1, 0.15) is 42.7 Å². The largest absolute Gasteiger partial charge is 0.460 e. The molecule has 2 unspecified atom stereocenters. The second-order valence-electron chi connectivity index (χ2n) is 8.06. The topological polar surface area (TPSA) is 51.4 Å². The number of rotatable bonds is 5. The van der Waals surface area contributed by atoms with Gasteiger partial charge in [-0.15, -0.1) is 0 Å². The van der Waals surface area contributed by atoms with E-state index in [1.54, 1.807) is 0 Å². The lowest BCUT2D eigenvalue weighted by Gasteiger charge is -2.35. The number of alkyl halides is 3. The summed E-state index contributed by atoms with van der Waals surface area (Å²) in [7, 11) is 0. The van der Waals surface area contributed by atoms with E-state index in [-0.39, 0.29) is 5.19 Å². The maximum absolute atomic E-state index is 12.3. The number of ether oxygens (including phenoxy) is 1. The molecular formula is C18H26F3N3OS. The fourth-order valence-electron chi connectivity index (χ4n) is 5.13. The van der Waals surface area contributed by atoms with E-state index in [1.165, 1.54) is 43.4 Å². The lowest BCUT2D eigenvalue weighted by atomic mass is 9.75. The van der Waals surface area contributed by atoms with E-state index in [0.717, 1.165) is 54.4 Å². The van der Waals surface area contributed by atoms with Crippen molar-refractivity contribution in [2.75, 3.05) is 19.7 Å². The SMILES string of the molecule is NC1CC2CCC(C1)C2CCN1CCc2sc(OCC(F)(F)F)nc2C1. The monoisotopic (exact) mass is 389 g/mol. The van der Waals surface area contributed by atoms with E-state index >= 15 is 0 Å². The summed E-state index contributed by atoms with van der Waals surface area (Å²) in [6, 6.07) is 0.395. The van der Waals surface area contributed by atoms with Crippen LogP contribution < -0.4 is 10.5 Å². The fraction of sp³-hybridized carbons (Fsp3) is 0.833. The van der Waals surface area contributed by atoms with E-state index in [9.17, 15) is 13.2 Å². The average molecular weight is 389 g/mol. The van der Waals surface area contributed by atoms with Crippen molar-refractivity contribution in [3.8, 4) is 5.19 Å². The molecule has 2 bridgehead atoms. The number of nitrogens with zero attached hydrogens (tertiary/aromatic N) is 2. The van der Waals surface area contributed by atoms with Crippen molar-refractivity contribution in [1.82, 2.24) is 9.88 Å². The zero-order valence-electron chi connectivity index (χ0n) is 14.8. The van der Waals surface area contributed by atoms with Crippen molar-refractivity contribution in [3.05, 3.63) is 10.6 Å². The molecule has 1 aromatic heterocycles. The molecule has 0 amide bonds. The Bertz CT molecular complexity index is 622. The number of fused-ring (bicyclic) bond motifs is 3. The second kappa shape index (κ2) is 7.28. The van der Waals surface area contributed by atoms with Gasteiger partial charge in [-0.1, -0.05) is 11.3 Å². The number of aromatic nitrogens is 1. The molecule has 1 aliphatic heterocycles. The average Bonchev–Trinajstić information content (AvgIpc) is 3.08. The minimum absolute atomic E-state index is 0.147. The Labute approximate surface area is 155 Å². The van der Waals surface area contributed by atoms with E-state index in [1.807, 2.05) is 0 Å². The molecule has 2 saturated carbocycles. The standard InChI is InChI=1S/C18H26F3N3OS/c19-18(20,21)10-25-17-23-15-9-24(6-4-16(15)26-17)5-3-14-11-1-2-12(14)8-13(22)7-11/h11-14H,1-10,22H2. The van der Waals surface area contributed by atoms with E-state index in [4.69, 9.17) is 10.5 Å². The maximum Gasteiger partial charge on any atom is 0.422 e. The van der Waals surface area contributed by atoms with Gasteiger partial charge in [-0.2, -0.15) is 13.2 Å². The normalized spacial score (nSPS) is 31.8. The molecule has 0 aromatic carbocycles. The molecule has 8 heteroatoms. The summed E-state index contributed by atoms with van der Waals surface area (Å²) in [6.45, 7) is 1.45. The Morgan fingerprint density at radius 2 is 1.96 bits per heavy atom. The molecule has 2 atom stereocenters. The molecule has 3 aliphatic rings. The van der Waals surface area contributed by atoms with Crippen LogP contribution in [0, 0.1) is 17.8 Å². The highest BCUT2D eigenvalue weighted by atomic mass is 32.1. The van der Waals surface area contributed by atoms with Crippen LogP contribution in [0.25, 0.3) is 0 Å². The molecule has 4 nitrogen and oxygen atoms in total. The molecule has 2 N–H and O–H groups in total. The summed E-state index contributed by atoms with van der Waals surface area (Å²) in [5.74, 6) is 2.40. The number of hydrogen-bond acceptors (Lipinski definition) is 5. The molecule has 2 heterocycles. The van der Waals surface area contributed by atoms with Crippen LogP contribution in [-0.4, -0.2) is 41.8 Å². The molecular weight excluding hydrogens is 363 g/mol. The van der Waals surface area contributed by atoms with Crippen LogP contribution in [0.2, 0.25) is 0 Å². The molecule has 4 rings (SSSR count). The van der Waals surface area contributed by atoms with Gasteiger partial charge in [-0.05, 0) is 62.8 Å². The molecule has 2 fully saturated rings. The first-order valence-electron chi connectivity index (χ1n) is 9.53. The smallest absolute Gasteiger partial charge is 0.422 e. The van der Waals surface area contributed by atoms with Gasteiger partial charge in [0.15, 0.2) is 6.61 Å². The highest BCUT2D eigenvalue weighted by Crippen LogP contribution is 2.48. The van der Waals surface area contributed by atoms with E-state index in [2.05, 4.69) is 9.88 Å². The summed E-state index contributed by atoms with van der Waals surface area (Å²) < 4.78 is 41.7. The predicted molar refractivity (Wildman–Crippen MR) is 94.2 cm³/mol. The van der Waals surface area contributed by atoms with Gasteiger partial charge in [0.25, 0.3) is 5.19 Å². The van der Waals surface area contributed by atoms with E-state index in [0.29, 0.717) is 6.04 Å². The third-order valence-corrected chi connectivity index (χ3v) is 7.33. The van der Waals surface area contributed by atoms with Crippen LogP contribution in [0.5, 0.6) is 5.19 Å². The first-order valence-corrected chi connectivity index (χ1v) is 10.3. The third-order valence-electron chi connectivity index (χ3n) is 6.26. The van der Waals surface area contributed by atoms with Gasteiger partial charge in [-0.25, -0.2) is 4.98 Å². The van der Waals surface area contributed by atoms with Crippen LogP contribution in [0.3, 0.4) is 0 Å². The van der Waals surface area contributed by atoms with Crippen LogP contribution >= 0.6 is 11.3 Å². The Balaban J connectivity index is 1.29. The predicted octanol–water partition coefficient (Wildman–Crippen LogP) is 3.60. The number of thiazole rings is 1. The fourth-order valence-corrected chi connectivity index (χ4v) is 6.03. The van der Waals surface area contributed by atoms with Gasteiger partial charge in [0.2, 0.25) is 0 Å². The first-order chi connectivity index (χ1) is 12.4. The quantitative estimate of drug-likeness (QED) is 0.836. The number of hydrogen-bond donors (Lipinski definition) is 1. The Morgan fingerprint density at radius 1 is 1.23 bits per heavy atom. The summed E-state index contributed by atoms with van der Waals surface area (Å²) >= 11 is 1.26. The molecule has 0 spiro atoms. The minimum Gasteiger partial charge on any atom is -0.460 e. The molecule has 26 heavy (non-hydrogen) atoms.